The zero-order valence-electron chi connectivity index (χ0n) is 7.66. The van der Waals surface area contributed by atoms with Gasteiger partial charge in [0.05, 0.1) is 11.5 Å². The van der Waals surface area contributed by atoms with Gasteiger partial charge in [0.15, 0.2) is 0 Å². The average Bonchev–Trinajstić information content (AvgIpc) is 2.16. The van der Waals surface area contributed by atoms with E-state index in [2.05, 4.69) is 12.6 Å². The molecule has 4 nitrogen and oxygen atoms in total. The zero-order chi connectivity index (χ0) is 11.1. The Hall–Kier alpha value is -0.140. The van der Waals surface area contributed by atoms with Crippen molar-refractivity contribution >= 4 is 24.4 Å². The number of aliphatic hydroxyl groups excluding tert-OH is 4. The lowest BCUT2D eigenvalue weighted by atomic mass is 10.2. The van der Waals surface area contributed by atoms with Crippen LogP contribution < -0.4 is 0 Å². The number of hydrogen-bond donors (Lipinski definition) is 5. The van der Waals surface area contributed by atoms with Crippen molar-refractivity contribution in [3.63, 3.8) is 0 Å². The molecule has 2 unspecified atom stereocenters. The molecule has 0 saturated heterocycles. The summed E-state index contributed by atoms with van der Waals surface area (Å²) in [5, 5.41) is 37.6. The highest BCUT2D eigenvalue weighted by atomic mass is 32.2. The minimum Gasteiger partial charge on any atom is -0.507 e. The van der Waals surface area contributed by atoms with Crippen molar-refractivity contribution in [1.29, 1.82) is 0 Å². The van der Waals surface area contributed by atoms with Gasteiger partial charge in [0, 0.05) is 0 Å². The van der Waals surface area contributed by atoms with Crippen molar-refractivity contribution in [2.24, 2.45) is 0 Å². The first-order valence-electron chi connectivity index (χ1n) is 3.83. The molecular weight excluding hydrogens is 224 g/mol. The van der Waals surface area contributed by atoms with Gasteiger partial charge in [0.1, 0.15) is 18.0 Å². The third kappa shape index (κ3) is 4.92. The quantitative estimate of drug-likeness (QED) is 0.270. The maximum atomic E-state index is 9.31. The first-order valence-corrected chi connectivity index (χ1v) is 5.56. The molecule has 0 aliphatic carbocycles. The van der Waals surface area contributed by atoms with Crippen molar-refractivity contribution < 1.29 is 20.4 Å². The molecular formula is C8H14O4S2. The van der Waals surface area contributed by atoms with E-state index in [1.165, 1.54) is 11.8 Å². The van der Waals surface area contributed by atoms with Crippen molar-refractivity contribution in [2.75, 3.05) is 12.9 Å². The fourth-order valence-electron chi connectivity index (χ4n) is 0.638. The highest BCUT2D eigenvalue weighted by molar-refractivity contribution is 8.02. The van der Waals surface area contributed by atoms with Crippen molar-refractivity contribution in [3.8, 4) is 0 Å². The molecule has 0 fully saturated rings. The standard InChI is InChI=1S/C8H14O4S2/c1-14-4-8(13)6(11)2-5(10)7(12)3-9/h2,4-5,7,9-13H,3H2,1H3/b6-2+,8-4+. The summed E-state index contributed by atoms with van der Waals surface area (Å²) in [6.45, 7) is -0.570. The van der Waals surface area contributed by atoms with Crippen molar-refractivity contribution in [1.82, 2.24) is 0 Å². The monoisotopic (exact) mass is 238 g/mol. The van der Waals surface area contributed by atoms with E-state index < -0.39 is 18.8 Å². The number of thiol groups is 1. The molecule has 0 aliphatic heterocycles. The van der Waals surface area contributed by atoms with Gasteiger partial charge in [-0.25, -0.2) is 0 Å². The fraction of sp³-hybridized carbons (Fsp3) is 0.500. The minimum atomic E-state index is -1.31. The molecule has 0 saturated carbocycles. The molecule has 0 radical (unpaired) electrons. The lowest BCUT2D eigenvalue weighted by molar-refractivity contribution is 0.00834. The maximum absolute atomic E-state index is 9.31. The molecule has 0 spiro atoms. The number of thioether (sulfide) groups is 1. The Bertz CT molecular complexity index is 227. The van der Waals surface area contributed by atoms with Gasteiger partial charge < -0.3 is 20.4 Å². The van der Waals surface area contributed by atoms with Crippen LogP contribution in [0.3, 0.4) is 0 Å². The molecule has 2 atom stereocenters. The molecule has 0 amide bonds. The summed E-state index contributed by atoms with van der Waals surface area (Å²) < 4.78 is 0. The lowest BCUT2D eigenvalue weighted by Crippen LogP contribution is -2.27. The van der Waals surface area contributed by atoms with E-state index in [4.69, 9.17) is 10.2 Å². The smallest absolute Gasteiger partial charge is 0.128 e. The lowest BCUT2D eigenvalue weighted by Gasteiger charge is -2.11. The van der Waals surface area contributed by atoms with E-state index in [1.54, 1.807) is 11.7 Å². The van der Waals surface area contributed by atoms with Gasteiger partial charge in [-0.1, -0.05) is 0 Å². The SMILES string of the molecule is CS/C=C(S)\C(O)=C/C(O)C(O)CO. The van der Waals surface area contributed by atoms with Crippen LogP contribution >= 0.6 is 24.4 Å². The van der Waals surface area contributed by atoms with Crippen LogP contribution in [0.4, 0.5) is 0 Å². The van der Waals surface area contributed by atoms with E-state index in [0.29, 0.717) is 4.91 Å². The second-order valence-corrected chi connectivity index (χ2v) is 3.72. The van der Waals surface area contributed by atoms with Gasteiger partial charge in [-0.05, 0) is 17.7 Å². The Morgan fingerprint density at radius 3 is 2.50 bits per heavy atom. The zero-order valence-corrected chi connectivity index (χ0v) is 9.37. The van der Waals surface area contributed by atoms with Crippen LogP contribution in [0.25, 0.3) is 0 Å². The van der Waals surface area contributed by atoms with Crippen molar-refractivity contribution in [3.05, 3.63) is 22.1 Å². The van der Waals surface area contributed by atoms with E-state index in [9.17, 15) is 10.2 Å². The van der Waals surface area contributed by atoms with Gasteiger partial charge in [-0.15, -0.1) is 24.4 Å². The normalized spacial score (nSPS) is 18.1. The molecule has 0 aromatic carbocycles. The predicted octanol–water partition coefficient (Wildman–Crippen LogP) is 0.277. The highest BCUT2D eigenvalue weighted by Gasteiger charge is 2.13. The maximum Gasteiger partial charge on any atom is 0.128 e. The molecule has 0 aliphatic rings. The molecule has 0 heterocycles. The first-order chi connectivity index (χ1) is 6.52. The molecule has 0 rings (SSSR count). The Morgan fingerprint density at radius 2 is 2.07 bits per heavy atom. The first kappa shape index (κ1) is 13.9. The second kappa shape index (κ2) is 7.19. The molecule has 0 bridgehead atoms. The summed E-state index contributed by atoms with van der Waals surface area (Å²) in [6, 6.07) is 0. The Morgan fingerprint density at radius 1 is 1.50 bits per heavy atom. The minimum absolute atomic E-state index is 0.234. The van der Waals surface area contributed by atoms with E-state index >= 15 is 0 Å². The second-order valence-electron chi connectivity index (χ2n) is 2.53. The number of aliphatic hydroxyl groups is 4. The van der Waals surface area contributed by atoms with E-state index in [-0.39, 0.29) is 5.76 Å². The topological polar surface area (TPSA) is 80.9 Å². The van der Waals surface area contributed by atoms with E-state index in [0.717, 1.165) is 6.08 Å². The summed E-state index contributed by atoms with van der Waals surface area (Å²) >= 11 is 5.29. The molecule has 0 aromatic rings. The Balaban J connectivity index is 4.43. The summed E-state index contributed by atoms with van der Waals surface area (Å²) in [7, 11) is 0. The van der Waals surface area contributed by atoms with Crippen LogP contribution in [0.5, 0.6) is 0 Å². The molecule has 4 N–H and O–H groups in total. The fourth-order valence-corrected chi connectivity index (χ4v) is 1.37. The van der Waals surface area contributed by atoms with Gasteiger partial charge in [0.25, 0.3) is 0 Å². The van der Waals surface area contributed by atoms with Crippen LogP contribution in [-0.4, -0.2) is 45.5 Å². The van der Waals surface area contributed by atoms with Crippen LogP contribution in [0, 0.1) is 0 Å². The highest BCUT2D eigenvalue weighted by Crippen LogP contribution is 2.16. The van der Waals surface area contributed by atoms with Crippen LogP contribution in [-0.2, 0) is 0 Å². The summed E-state index contributed by atoms with van der Waals surface area (Å²) in [6.07, 6.45) is 0.211. The Kier molecular flexibility index (Phi) is 7.12. The predicted molar refractivity (Wildman–Crippen MR) is 60.4 cm³/mol. The molecule has 6 heteroatoms. The van der Waals surface area contributed by atoms with E-state index in [1.807, 2.05) is 0 Å². The van der Waals surface area contributed by atoms with Crippen LogP contribution in [0.15, 0.2) is 22.1 Å². The summed E-state index contributed by atoms with van der Waals surface area (Å²) in [5.41, 5.74) is 0. The van der Waals surface area contributed by atoms with Gasteiger partial charge in [-0.2, -0.15) is 0 Å². The van der Waals surface area contributed by atoms with Gasteiger partial charge in [0.2, 0.25) is 0 Å². The largest absolute Gasteiger partial charge is 0.507 e. The number of rotatable bonds is 5. The third-order valence-corrected chi connectivity index (χ3v) is 2.41. The van der Waals surface area contributed by atoms with Gasteiger partial charge in [-0.3, -0.25) is 0 Å². The molecule has 82 valence electrons. The molecule has 14 heavy (non-hydrogen) atoms. The van der Waals surface area contributed by atoms with Crippen molar-refractivity contribution in [2.45, 2.75) is 12.2 Å². The summed E-state index contributed by atoms with van der Waals surface area (Å²) in [4.78, 5) is 0.293. The van der Waals surface area contributed by atoms with Crippen LogP contribution in [0.1, 0.15) is 0 Å². The molecule has 0 aromatic heterocycles. The average molecular weight is 238 g/mol. The Labute approximate surface area is 92.4 Å². The third-order valence-electron chi connectivity index (χ3n) is 1.40. The summed E-state index contributed by atoms with van der Waals surface area (Å²) in [5.74, 6) is -0.234. The van der Waals surface area contributed by atoms with Crippen LogP contribution in [0.2, 0.25) is 0 Å². The van der Waals surface area contributed by atoms with Gasteiger partial charge >= 0.3 is 0 Å². The number of hydrogen-bond acceptors (Lipinski definition) is 6.